The normalized spacial score (nSPS) is 12.7. The summed E-state index contributed by atoms with van der Waals surface area (Å²) in [5, 5.41) is 9.76. The van der Waals surface area contributed by atoms with Gasteiger partial charge in [-0.3, -0.25) is 0 Å². The van der Waals surface area contributed by atoms with Gasteiger partial charge in [-0.2, -0.15) is 0 Å². The van der Waals surface area contributed by atoms with Crippen LogP contribution < -0.4 is 10.5 Å². The van der Waals surface area contributed by atoms with E-state index in [2.05, 4.69) is 13.8 Å². The Labute approximate surface area is 115 Å². The third kappa shape index (κ3) is 6.57. The largest absolute Gasteiger partial charge is 0.490 e. The Balaban J connectivity index is 2.24. The molecule has 4 heteroatoms. The molecular weight excluding hydrogens is 242 g/mol. The van der Waals surface area contributed by atoms with E-state index in [4.69, 9.17) is 15.2 Å². The van der Waals surface area contributed by atoms with Gasteiger partial charge in [-0.25, -0.2) is 0 Å². The SMILES string of the molecule is CC(C)CCOCC(O)COc1ccccc1CN. The summed E-state index contributed by atoms with van der Waals surface area (Å²) in [7, 11) is 0. The molecule has 3 N–H and O–H groups in total. The molecule has 0 fully saturated rings. The highest BCUT2D eigenvalue weighted by molar-refractivity contribution is 5.32. The van der Waals surface area contributed by atoms with Gasteiger partial charge < -0.3 is 20.3 Å². The van der Waals surface area contributed by atoms with E-state index in [1.54, 1.807) is 0 Å². The van der Waals surface area contributed by atoms with Crippen LogP contribution >= 0.6 is 0 Å². The topological polar surface area (TPSA) is 64.7 Å². The van der Waals surface area contributed by atoms with Crippen molar-refractivity contribution in [2.75, 3.05) is 19.8 Å². The Morgan fingerprint density at radius 1 is 1.21 bits per heavy atom. The molecule has 0 aromatic heterocycles. The molecule has 0 saturated carbocycles. The molecule has 0 spiro atoms. The van der Waals surface area contributed by atoms with Crippen LogP contribution in [0.15, 0.2) is 24.3 Å². The van der Waals surface area contributed by atoms with Gasteiger partial charge in [0.2, 0.25) is 0 Å². The number of hydrogen-bond acceptors (Lipinski definition) is 4. The van der Waals surface area contributed by atoms with Crippen molar-refractivity contribution in [1.82, 2.24) is 0 Å². The molecule has 0 saturated heterocycles. The number of aliphatic hydroxyl groups excluding tert-OH is 1. The summed E-state index contributed by atoms with van der Waals surface area (Å²) in [4.78, 5) is 0. The molecule has 0 radical (unpaired) electrons. The molecular formula is C15H25NO3. The zero-order valence-corrected chi connectivity index (χ0v) is 11.8. The quantitative estimate of drug-likeness (QED) is 0.671. The fraction of sp³-hybridized carbons (Fsp3) is 0.600. The highest BCUT2D eigenvalue weighted by Crippen LogP contribution is 2.17. The standard InChI is InChI=1S/C15H25NO3/c1-12(2)7-8-18-10-14(17)11-19-15-6-4-3-5-13(15)9-16/h3-6,12,14,17H,7-11,16H2,1-2H3. The van der Waals surface area contributed by atoms with E-state index in [9.17, 15) is 5.11 Å². The Kier molecular flexibility index (Phi) is 7.48. The lowest BCUT2D eigenvalue weighted by Gasteiger charge is -2.15. The molecule has 1 unspecified atom stereocenters. The molecule has 4 nitrogen and oxygen atoms in total. The lowest BCUT2D eigenvalue weighted by Crippen LogP contribution is -2.24. The second kappa shape index (κ2) is 8.91. The summed E-state index contributed by atoms with van der Waals surface area (Å²) in [6, 6.07) is 7.58. The minimum absolute atomic E-state index is 0.221. The zero-order chi connectivity index (χ0) is 14.1. The number of ether oxygens (including phenoxy) is 2. The van der Waals surface area contributed by atoms with Gasteiger partial charge in [-0.05, 0) is 18.4 Å². The van der Waals surface area contributed by atoms with Crippen LogP contribution in [0, 0.1) is 5.92 Å². The second-order valence-electron chi connectivity index (χ2n) is 5.03. The zero-order valence-electron chi connectivity index (χ0n) is 11.8. The third-order valence-electron chi connectivity index (χ3n) is 2.77. The summed E-state index contributed by atoms with van der Waals surface area (Å²) in [5.41, 5.74) is 6.56. The van der Waals surface area contributed by atoms with Crippen molar-refractivity contribution in [3.63, 3.8) is 0 Å². The summed E-state index contributed by atoms with van der Waals surface area (Å²) >= 11 is 0. The van der Waals surface area contributed by atoms with Gasteiger partial charge in [0.15, 0.2) is 0 Å². The maximum atomic E-state index is 9.76. The van der Waals surface area contributed by atoms with Gasteiger partial charge in [-0.15, -0.1) is 0 Å². The van der Waals surface area contributed by atoms with Gasteiger partial charge >= 0.3 is 0 Å². The van der Waals surface area contributed by atoms with Crippen molar-refractivity contribution in [3.05, 3.63) is 29.8 Å². The van der Waals surface area contributed by atoms with Crippen molar-refractivity contribution < 1.29 is 14.6 Å². The first kappa shape index (κ1) is 16.0. The van der Waals surface area contributed by atoms with E-state index >= 15 is 0 Å². The molecule has 0 aliphatic carbocycles. The average Bonchev–Trinajstić information content (AvgIpc) is 2.41. The fourth-order valence-corrected chi connectivity index (χ4v) is 1.59. The summed E-state index contributed by atoms with van der Waals surface area (Å²) in [6.07, 6.45) is 0.391. The Hall–Kier alpha value is -1.10. The van der Waals surface area contributed by atoms with Crippen molar-refractivity contribution >= 4 is 0 Å². The summed E-state index contributed by atoms with van der Waals surface area (Å²) in [6.45, 7) is 5.92. The fourth-order valence-electron chi connectivity index (χ4n) is 1.59. The number of benzene rings is 1. The van der Waals surface area contributed by atoms with Crippen LogP contribution in [0.1, 0.15) is 25.8 Å². The molecule has 0 heterocycles. The molecule has 0 aliphatic rings. The van der Waals surface area contributed by atoms with Crippen molar-refractivity contribution in [2.45, 2.75) is 32.9 Å². The van der Waals surface area contributed by atoms with Crippen LogP contribution in [0.25, 0.3) is 0 Å². The van der Waals surface area contributed by atoms with Gasteiger partial charge in [0.1, 0.15) is 18.5 Å². The molecule has 1 rings (SSSR count). The monoisotopic (exact) mass is 267 g/mol. The molecule has 1 atom stereocenters. The highest BCUT2D eigenvalue weighted by atomic mass is 16.5. The first-order valence-electron chi connectivity index (χ1n) is 6.80. The highest BCUT2D eigenvalue weighted by Gasteiger charge is 2.07. The van der Waals surface area contributed by atoms with E-state index in [0.717, 1.165) is 17.7 Å². The van der Waals surface area contributed by atoms with Crippen molar-refractivity contribution in [3.8, 4) is 5.75 Å². The maximum absolute atomic E-state index is 9.76. The average molecular weight is 267 g/mol. The Bertz CT molecular complexity index is 355. The number of nitrogens with two attached hydrogens (primary N) is 1. The number of para-hydroxylation sites is 1. The van der Waals surface area contributed by atoms with Gasteiger partial charge in [0.25, 0.3) is 0 Å². The van der Waals surface area contributed by atoms with E-state index in [0.29, 0.717) is 25.7 Å². The number of aliphatic hydroxyl groups is 1. The van der Waals surface area contributed by atoms with Gasteiger partial charge in [0, 0.05) is 18.7 Å². The molecule has 1 aromatic carbocycles. The molecule has 0 amide bonds. The predicted molar refractivity (Wildman–Crippen MR) is 76.1 cm³/mol. The van der Waals surface area contributed by atoms with Crippen molar-refractivity contribution in [2.24, 2.45) is 11.7 Å². The maximum Gasteiger partial charge on any atom is 0.123 e. The predicted octanol–water partition coefficient (Wildman–Crippen LogP) is 1.95. The van der Waals surface area contributed by atoms with E-state index in [-0.39, 0.29) is 6.61 Å². The van der Waals surface area contributed by atoms with Crippen LogP contribution in [-0.2, 0) is 11.3 Å². The smallest absolute Gasteiger partial charge is 0.123 e. The molecule has 1 aromatic rings. The molecule has 0 bridgehead atoms. The van der Waals surface area contributed by atoms with Crippen LogP contribution in [0.2, 0.25) is 0 Å². The second-order valence-corrected chi connectivity index (χ2v) is 5.03. The van der Waals surface area contributed by atoms with Crippen LogP contribution in [0.5, 0.6) is 5.75 Å². The van der Waals surface area contributed by atoms with E-state index < -0.39 is 6.10 Å². The van der Waals surface area contributed by atoms with Crippen LogP contribution in [0.4, 0.5) is 0 Å². The van der Waals surface area contributed by atoms with E-state index in [1.807, 2.05) is 24.3 Å². The number of hydrogen-bond donors (Lipinski definition) is 2. The minimum Gasteiger partial charge on any atom is -0.490 e. The van der Waals surface area contributed by atoms with Gasteiger partial charge in [-0.1, -0.05) is 32.0 Å². The Morgan fingerprint density at radius 3 is 2.63 bits per heavy atom. The van der Waals surface area contributed by atoms with Crippen LogP contribution in [0.3, 0.4) is 0 Å². The molecule has 0 aliphatic heterocycles. The summed E-state index contributed by atoms with van der Waals surface area (Å²) in [5.74, 6) is 1.34. The minimum atomic E-state index is -0.613. The van der Waals surface area contributed by atoms with Crippen molar-refractivity contribution in [1.29, 1.82) is 0 Å². The van der Waals surface area contributed by atoms with Gasteiger partial charge in [0.05, 0.1) is 6.61 Å². The third-order valence-corrected chi connectivity index (χ3v) is 2.77. The molecule has 108 valence electrons. The lowest BCUT2D eigenvalue weighted by molar-refractivity contribution is 0.00900. The van der Waals surface area contributed by atoms with Crippen LogP contribution in [-0.4, -0.2) is 31.0 Å². The lowest BCUT2D eigenvalue weighted by atomic mass is 10.1. The first-order valence-corrected chi connectivity index (χ1v) is 6.80. The number of rotatable bonds is 9. The summed E-state index contributed by atoms with van der Waals surface area (Å²) < 4.78 is 11.0. The Morgan fingerprint density at radius 2 is 1.95 bits per heavy atom. The molecule has 19 heavy (non-hydrogen) atoms. The van der Waals surface area contributed by atoms with E-state index in [1.165, 1.54) is 0 Å². The first-order chi connectivity index (χ1) is 9.13.